The van der Waals surface area contributed by atoms with Crippen LogP contribution in [0.25, 0.3) is 11.5 Å². The van der Waals surface area contributed by atoms with E-state index in [2.05, 4.69) is 4.98 Å². The van der Waals surface area contributed by atoms with Gasteiger partial charge >= 0.3 is 0 Å². The Morgan fingerprint density at radius 1 is 1.13 bits per heavy atom. The van der Waals surface area contributed by atoms with E-state index < -0.39 is 6.10 Å². The van der Waals surface area contributed by atoms with E-state index in [4.69, 9.17) is 37.5 Å². The number of benzene rings is 2. The topological polar surface area (TPSA) is 75.7 Å². The van der Waals surface area contributed by atoms with E-state index in [9.17, 15) is 5.11 Å². The Kier molecular flexibility index (Phi) is 8.00. The van der Waals surface area contributed by atoms with Crippen molar-refractivity contribution in [2.45, 2.75) is 45.6 Å². The molecule has 0 aliphatic rings. The molecule has 1 atom stereocenters. The highest BCUT2D eigenvalue weighted by Gasteiger charge is 2.20. The number of aryl methyl sites for hydroxylation is 2. The van der Waals surface area contributed by atoms with E-state index in [-0.39, 0.29) is 19.1 Å². The molecule has 0 saturated carbocycles. The van der Waals surface area contributed by atoms with Crippen LogP contribution in [0.15, 0.2) is 40.8 Å². The quantitative estimate of drug-likeness (QED) is 0.399. The molecule has 3 rings (SSSR count). The summed E-state index contributed by atoms with van der Waals surface area (Å²) in [5.74, 6) is 2.09. The normalized spacial score (nSPS) is 12.4. The fourth-order valence-electron chi connectivity index (χ4n) is 3.41. The minimum absolute atomic E-state index is 0.0388. The molecule has 0 aliphatic heterocycles. The Labute approximate surface area is 192 Å². The van der Waals surface area contributed by atoms with Crippen LogP contribution in [0.4, 0.5) is 0 Å². The van der Waals surface area contributed by atoms with Gasteiger partial charge in [0.25, 0.3) is 0 Å². The number of ether oxygens (including phenoxy) is 1. The number of hydrogen-bond acceptors (Lipinski definition) is 5. The zero-order valence-electron chi connectivity index (χ0n) is 17.9. The van der Waals surface area contributed by atoms with Crippen LogP contribution in [0.1, 0.15) is 54.9 Å². The molecule has 0 fully saturated rings. The van der Waals surface area contributed by atoms with Crippen LogP contribution in [-0.2, 0) is 6.42 Å². The van der Waals surface area contributed by atoms with Crippen LogP contribution in [0.3, 0.4) is 0 Å². The monoisotopic (exact) mass is 463 g/mol. The molecule has 2 aromatic carbocycles. The number of aliphatic hydroxyl groups excluding tert-OH is 2. The fourth-order valence-corrected chi connectivity index (χ4v) is 3.90. The maximum Gasteiger partial charge on any atom is 0.228 e. The second kappa shape index (κ2) is 10.5. The van der Waals surface area contributed by atoms with Gasteiger partial charge in [-0.15, -0.1) is 0 Å². The van der Waals surface area contributed by atoms with Crippen molar-refractivity contribution in [2.24, 2.45) is 0 Å². The summed E-state index contributed by atoms with van der Waals surface area (Å²) in [6.45, 7) is 6.21. The van der Waals surface area contributed by atoms with E-state index in [1.165, 1.54) is 0 Å². The Morgan fingerprint density at radius 3 is 2.55 bits per heavy atom. The average molecular weight is 464 g/mol. The summed E-state index contributed by atoms with van der Waals surface area (Å²) in [5, 5.41) is 20.7. The number of hydrogen-bond donors (Lipinski definition) is 2. The second-order valence-electron chi connectivity index (χ2n) is 7.76. The second-order valence-corrected chi connectivity index (χ2v) is 8.60. The van der Waals surface area contributed by atoms with Gasteiger partial charge in [0.2, 0.25) is 5.89 Å². The molecule has 0 saturated heterocycles. The van der Waals surface area contributed by atoms with Crippen molar-refractivity contribution in [3.63, 3.8) is 0 Å². The van der Waals surface area contributed by atoms with Crippen LogP contribution in [-0.4, -0.2) is 28.4 Å². The standard InChI is InChI=1S/C24H27Cl2NO4/c1-14(2)23-20(27-24(31-23)18-6-5-17(25)13-19(18)26)7-8-21(29)16-4-9-22(15(3)12-16)30-11-10-28/h4-6,9,12-14,21,28-29H,7-8,10-11H2,1-3H3. The van der Waals surface area contributed by atoms with Gasteiger partial charge < -0.3 is 19.4 Å². The molecule has 166 valence electrons. The largest absolute Gasteiger partial charge is 0.491 e. The zero-order valence-corrected chi connectivity index (χ0v) is 19.4. The van der Waals surface area contributed by atoms with E-state index in [1.807, 2.05) is 39.0 Å². The first-order valence-corrected chi connectivity index (χ1v) is 11.0. The van der Waals surface area contributed by atoms with Gasteiger partial charge in [-0.3, -0.25) is 0 Å². The van der Waals surface area contributed by atoms with Gasteiger partial charge in [0.15, 0.2) is 0 Å². The fraction of sp³-hybridized carbons (Fsp3) is 0.375. The Bertz CT molecular complexity index is 1030. The molecular weight excluding hydrogens is 437 g/mol. The lowest BCUT2D eigenvalue weighted by atomic mass is 9.99. The molecular formula is C24H27Cl2NO4. The van der Waals surface area contributed by atoms with Crippen molar-refractivity contribution in [1.29, 1.82) is 0 Å². The molecule has 0 bridgehead atoms. The van der Waals surface area contributed by atoms with E-state index >= 15 is 0 Å². The first-order valence-electron chi connectivity index (χ1n) is 10.3. The van der Waals surface area contributed by atoms with Crippen molar-refractivity contribution in [2.75, 3.05) is 13.2 Å². The molecule has 3 aromatic rings. The predicted molar refractivity (Wildman–Crippen MR) is 123 cm³/mol. The zero-order chi connectivity index (χ0) is 22.5. The lowest BCUT2D eigenvalue weighted by molar-refractivity contribution is 0.167. The highest BCUT2D eigenvalue weighted by molar-refractivity contribution is 6.36. The summed E-state index contributed by atoms with van der Waals surface area (Å²) in [6, 6.07) is 10.8. The molecule has 5 nitrogen and oxygen atoms in total. The average Bonchev–Trinajstić information content (AvgIpc) is 3.15. The Morgan fingerprint density at radius 2 is 1.90 bits per heavy atom. The minimum Gasteiger partial charge on any atom is -0.491 e. The van der Waals surface area contributed by atoms with Gasteiger partial charge in [-0.25, -0.2) is 4.98 Å². The predicted octanol–water partition coefficient (Wildman–Crippen LogP) is 6.12. The van der Waals surface area contributed by atoms with E-state index in [0.717, 1.165) is 22.6 Å². The van der Waals surface area contributed by atoms with Crippen LogP contribution < -0.4 is 4.74 Å². The van der Waals surface area contributed by atoms with Gasteiger partial charge in [-0.05, 0) is 61.2 Å². The van der Waals surface area contributed by atoms with Gasteiger partial charge in [-0.2, -0.15) is 0 Å². The smallest absolute Gasteiger partial charge is 0.228 e. The molecule has 31 heavy (non-hydrogen) atoms. The van der Waals surface area contributed by atoms with Gasteiger partial charge in [0, 0.05) is 10.9 Å². The van der Waals surface area contributed by atoms with E-state index in [1.54, 1.807) is 18.2 Å². The third-order valence-corrected chi connectivity index (χ3v) is 5.55. The molecule has 2 N–H and O–H groups in total. The minimum atomic E-state index is -0.648. The number of aliphatic hydroxyl groups is 2. The van der Waals surface area contributed by atoms with Crippen LogP contribution in [0.2, 0.25) is 10.0 Å². The summed E-state index contributed by atoms with van der Waals surface area (Å²) >= 11 is 12.3. The van der Waals surface area contributed by atoms with Gasteiger partial charge in [0.1, 0.15) is 18.1 Å². The first-order chi connectivity index (χ1) is 14.8. The molecule has 0 radical (unpaired) electrons. The summed E-state index contributed by atoms with van der Waals surface area (Å²) in [4.78, 5) is 4.67. The summed E-state index contributed by atoms with van der Waals surface area (Å²) in [6.07, 6.45) is 0.409. The van der Waals surface area contributed by atoms with Crippen LogP contribution in [0, 0.1) is 6.92 Å². The molecule has 1 unspecified atom stereocenters. The molecule has 0 amide bonds. The number of oxazole rings is 1. The Hall–Kier alpha value is -2.05. The van der Waals surface area contributed by atoms with Crippen molar-refractivity contribution >= 4 is 23.2 Å². The van der Waals surface area contributed by atoms with Crippen LogP contribution in [0.5, 0.6) is 5.75 Å². The molecule has 7 heteroatoms. The van der Waals surface area contributed by atoms with Crippen molar-refractivity contribution in [3.05, 3.63) is 69.0 Å². The van der Waals surface area contributed by atoms with Crippen molar-refractivity contribution < 1.29 is 19.4 Å². The molecule has 0 spiro atoms. The molecule has 1 heterocycles. The number of nitrogens with zero attached hydrogens (tertiary/aromatic N) is 1. The lowest BCUT2D eigenvalue weighted by Gasteiger charge is -2.14. The number of aromatic nitrogens is 1. The SMILES string of the molecule is Cc1cc(C(O)CCc2nc(-c3ccc(Cl)cc3Cl)oc2C(C)C)ccc1OCCO. The molecule has 1 aromatic heterocycles. The number of rotatable bonds is 9. The summed E-state index contributed by atoms with van der Waals surface area (Å²) < 4.78 is 11.5. The summed E-state index contributed by atoms with van der Waals surface area (Å²) in [7, 11) is 0. The molecule has 0 aliphatic carbocycles. The highest BCUT2D eigenvalue weighted by atomic mass is 35.5. The Balaban J connectivity index is 1.76. The van der Waals surface area contributed by atoms with Gasteiger partial charge in [0.05, 0.1) is 29.0 Å². The van der Waals surface area contributed by atoms with Crippen molar-refractivity contribution in [3.8, 4) is 17.2 Å². The van der Waals surface area contributed by atoms with Gasteiger partial charge in [-0.1, -0.05) is 43.1 Å². The first kappa shape index (κ1) is 23.6. The lowest BCUT2D eigenvalue weighted by Crippen LogP contribution is -2.05. The van der Waals surface area contributed by atoms with Crippen LogP contribution >= 0.6 is 23.2 Å². The summed E-state index contributed by atoms with van der Waals surface area (Å²) in [5.41, 5.74) is 3.22. The maximum atomic E-state index is 10.7. The van der Waals surface area contributed by atoms with E-state index in [0.29, 0.717) is 40.1 Å². The third kappa shape index (κ3) is 5.80. The highest BCUT2D eigenvalue weighted by Crippen LogP contribution is 2.34. The van der Waals surface area contributed by atoms with Crippen molar-refractivity contribution in [1.82, 2.24) is 4.98 Å². The number of halogens is 2. The third-order valence-electron chi connectivity index (χ3n) is 5.00. The maximum absolute atomic E-state index is 10.7.